The summed E-state index contributed by atoms with van der Waals surface area (Å²) >= 11 is 3.12. The molecule has 1 aliphatic heterocycles. The monoisotopic (exact) mass is 256 g/mol. The Morgan fingerprint density at radius 2 is 1.79 bits per heavy atom. The number of hydrogen-bond acceptors (Lipinski definition) is 4. The van der Waals surface area contributed by atoms with Crippen molar-refractivity contribution in [2.75, 3.05) is 0 Å². The lowest BCUT2D eigenvalue weighted by molar-refractivity contribution is -0.188. The van der Waals surface area contributed by atoms with E-state index in [2.05, 4.69) is 15.9 Å². The Kier molecular flexibility index (Phi) is 2.45. The molecule has 1 atom stereocenters. The second kappa shape index (κ2) is 3.61. The van der Waals surface area contributed by atoms with Crippen molar-refractivity contribution in [2.24, 2.45) is 0 Å². The molecule has 0 spiro atoms. The molecule has 2 rings (SSSR count). The van der Waals surface area contributed by atoms with E-state index in [-0.39, 0.29) is 0 Å². The molecule has 0 bridgehead atoms. The van der Waals surface area contributed by atoms with Gasteiger partial charge in [0.05, 0.1) is 6.20 Å². The molecule has 0 amide bonds. The van der Waals surface area contributed by atoms with Crippen LogP contribution >= 0.6 is 15.9 Å². The summed E-state index contributed by atoms with van der Waals surface area (Å²) in [6.07, 6.45) is 0.822. The molecule has 1 heterocycles. The number of nitrogens with zero attached hydrogens (tertiary/aromatic N) is 2. The van der Waals surface area contributed by atoms with Crippen LogP contribution in [-0.4, -0.2) is 20.5 Å². The predicted molar refractivity (Wildman–Crippen MR) is 53.4 cm³/mol. The van der Waals surface area contributed by atoms with Gasteiger partial charge in [-0.15, -0.1) is 0 Å². The summed E-state index contributed by atoms with van der Waals surface area (Å²) in [6.45, 7) is 0. The van der Waals surface area contributed by atoms with Crippen molar-refractivity contribution in [3.63, 3.8) is 0 Å². The summed E-state index contributed by atoms with van der Waals surface area (Å²) in [4.78, 5) is 0. The van der Waals surface area contributed by atoms with Gasteiger partial charge in [-0.05, 0) is 21.5 Å². The summed E-state index contributed by atoms with van der Waals surface area (Å²) in [6, 6.07) is 9.24. The van der Waals surface area contributed by atoms with Crippen LogP contribution in [0, 0.1) is 0 Å². The van der Waals surface area contributed by atoms with Gasteiger partial charge in [-0.25, -0.2) is 10.1 Å². The van der Waals surface area contributed by atoms with Crippen LogP contribution in [0.3, 0.4) is 0 Å². The molecule has 0 aromatic heterocycles. The largest absolute Gasteiger partial charge is 0.286 e. The summed E-state index contributed by atoms with van der Waals surface area (Å²) in [5.41, 5.74) is 0.809. The van der Waals surface area contributed by atoms with E-state index in [1.54, 1.807) is 0 Å². The second-order valence-corrected chi connectivity index (χ2v) is 3.77. The average Bonchev–Trinajstić information content (AvgIpc) is 2.43. The van der Waals surface area contributed by atoms with Crippen molar-refractivity contribution in [3.05, 3.63) is 46.7 Å². The lowest BCUT2D eigenvalue weighted by Gasteiger charge is -2.24. The van der Waals surface area contributed by atoms with Crippen molar-refractivity contribution in [1.82, 2.24) is 10.1 Å². The normalized spacial score (nSPS) is 21.4. The SMILES string of the molecule is ON1C=C(Br)N(O)C1c1ccccc1. The van der Waals surface area contributed by atoms with Crippen LogP contribution in [-0.2, 0) is 0 Å². The first kappa shape index (κ1) is 9.51. The van der Waals surface area contributed by atoms with Gasteiger partial charge in [0.15, 0.2) is 6.17 Å². The second-order valence-electron chi connectivity index (χ2n) is 2.96. The molecule has 0 saturated heterocycles. The molecule has 1 aliphatic rings. The minimum atomic E-state index is -0.578. The highest BCUT2D eigenvalue weighted by Gasteiger charge is 2.30. The Balaban J connectivity index is 2.30. The van der Waals surface area contributed by atoms with Gasteiger partial charge in [0.25, 0.3) is 0 Å². The Morgan fingerprint density at radius 1 is 1.14 bits per heavy atom. The lowest BCUT2D eigenvalue weighted by Crippen LogP contribution is -2.26. The highest BCUT2D eigenvalue weighted by Crippen LogP contribution is 2.33. The van der Waals surface area contributed by atoms with Gasteiger partial charge in [-0.3, -0.25) is 10.4 Å². The predicted octanol–water partition coefficient (Wildman–Crippen LogP) is 2.28. The van der Waals surface area contributed by atoms with E-state index in [9.17, 15) is 10.4 Å². The molecule has 0 aliphatic carbocycles. The third-order valence-corrected chi connectivity index (χ3v) is 2.61. The Hall–Kier alpha value is -1.04. The molecular weight excluding hydrogens is 248 g/mol. The van der Waals surface area contributed by atoms with Crippen LogP contribution in [0.4, 0.5) is 0 Å². The molecule has 1 unspecified atom stereocenters. The minimum Gasteiger partial charge on any atom is -0.286 e. The third kappa shape index (κ3) is 1.50. The average molecular weight is 257 g/mol. The molecule has 14 heavy (non-hydrogen) atoms. The Morgan fingerprint density at radius 3 is 2.29 bits per heavy atom. The maximum absolute atomic E-state index is 9.60. The fourth-order valence-corrected chi connectivity index (χ4v) is 1.79. The lowest BCUT2D eigenvalue weighted by atomic mass is 10.2. The molecule has 74 valence electrons. The van der Waals surface area contributed by atoms with Gasteiger partial charge in [0, 0.05) is 0 Å². The van der Waals surface area contributed by atoms with Gasteiger partial charge < -0.3 is 0 Å². The van der Waals surface area contributed by atoms with Crippen LogP contribution in [0.5, 0.6) is 0 Å². The highest BCUT2D eigenvalue weighted by atomic mass is 79.9. The smallest absolute Gasteiger partial charge is 0.177 e. The molecule has 4 nitrogen and oxygen atoms in total. The minimum absolute atomic E-state index is 0.425. The van der Waals surface area contributed by atoms with Crippen molar-refractivity contribution < 1.29 is 10.4 Å². The van der Waals surface area contributed by atoms with Crippen LogP contribution in [0.1, 0.15) is 11.7 Å². The van der Waals surface area contributed by atoms with Gasteiger partial charge in [-0.2, -0.15) is 0 Å². The maximum Gasteiger partial charge on any atom is 0.177 e. The molecule has 0 saturated carbocycles. The first-order chi connectivity index (χ1) is 6.70. The number of benzene rings is 1. The van der Waals surface area contributed by atoms with Gasteiger partial charge >= 0.3 is 0 Å². The number of rotatable bonds is 1. The zero-order valence-electron chi connectivity index (χ0n) is 7.21. The zero-order chi connectivity index (χ0) is 10.1. The van der Waals surface area contributed by atoms with E-state index < -0.39 is 6.17 Å². The van der Waals surface area contributed by atoms with Crippen molar-refractivity contribution in [2.45, 2.75) is 6.17 Å². The van der Waals surface area contributed by atoms with E-state index in [0.717, 1.165) is 15.7 Å². The third-order valence-electron chi connectivity index (χ3n) is 2.04. The standard InChI is InChI=1S/C9H9BrN2O2/c10-8-6-11(13)9(12(8)14)7-4-2-1-3-5-7/h1-6,9,13-14H. The molecule has 0 radical (unpaired) electrons. The van der Waals surface area contributed by atoms with Gasteiger partial charge in [-0.1, -0.05) is 30.3 Å². The van der Waals surface area contributed by atoms with E-state index in [1.807, 2.05) is 30.3 Å². The van der Waals surface area contributed by atoms with E-state index in [4.69, 9.17) is 0 Å². The summed E-state index contributed by atoms with van der Waals surface area (Å²) < 4.78 is 0.425. The molecule has 0 fully saturated rings. The van der Waals surface area contributed by atoms with Crippen LogP contribution in [0.2, 0.25) is 0 Å². The highest BCUT2D eigenvalue weighted by molar-refractivity contribution is 9.11. The summed E-state index contributed by atoms with van der Waals surface area (Å²) in [7, 11) is 0. The van der Waals surface area contributed by atoms with Gasteiger partial charge in [0.2, 0.25) is 0 Å². The summed E-state index contributed by atoms with van der Waals surface area (Å²) in [5, 5.41) is 21.0. The first-order valence-corrected chi connectivity index (χ1v) is 4.87. The van der Waals surface area contributed by atoms with E-state index in [1.165, 1.54) is 6.20 Å². The topological polar surface area (TPSA) is 46.9 Å². The van der Waals surface area contributed by atoms with E-state index >= 15 is 0 Å². The summed E-state index contributed by atoms with van der Waals surface area (Å²) in [5.74, 6) is 0. The number of hydroxylamine groups is 4. The fraction of sp³-hybridized carbons (Fsp3) is 0.111. The molecule has 2 N–H and O–H groups in total. The van der Waals surface area contributed by atoms with Crippen molar-refractivity contribution >= 4 is 15.9 Å². The fourth-order valence-electron chi connectivity index (χ4n) is 1.39. The zero-order valence-corrected chi connectivity index (χ0v) is 8.79. The number of hydrogen-bond donors (Lipinski definition) is 2. The Bertz CT molecular complexity index is 355. The van der Waals surface area contributed by atoms with Crippen LogP contribution < -0.4 is 0 Å². The quantitative estimate of drug-likeness (QED) is 0.757. The maximum atomic E-state index is 9.60. The van der Waals surface area contributed by atoms with Gasteiger partial charge in [0.1, 0.15) is 4.61 Å². The van der Waals surface area contributed by atoms with Crippen LogP contribution in [0.15, 0.2) is 41.1 Å². The molecule has 1 aromatic rings. The first-order valence-electron chi connectivity index (χ1n) is 4.08. The molecular formula is C9H9BrN2O2. The number of halogens is 1. The Labute approximate surface area is 89.7 Å². The molecule has 1 aromatic carbocycles. The van der Waals surface area contributed by atoms with Crippen molar-refractivity contribution in [1.29, 1.82) is 0 Å². The van der Waals surface area contributed by atoms with Crippen molar-refractivity contribution in [3.8, 4) is 0 Å². The molecule has 5 heteroatoms. The van der Waals surface area contributed by atoms with E-state index in [0.29, 0.717) is 4.61 Å². The van der Waals surface area contributed by atoms with Crippen LogP contribution in [0.25, 0.3) is 0 Å².